The summed E-state index contributed by atoms with van der Waals surface area (Å²) < 4.78 is 10.4. The Morgan fingerprint density at radius 2 is 1.97 bits per heavy atom. The van der Waals surface area contributed by atoms with Crippen LogP contribution in [0.25, 0.3) is 0 Å². The average molecular weight is 452 g/mol. The van der Waals surface area contributed by atoms with E-state index < -0.39 is 0 Å². The highest BCUT2D eigenvalue weighted by atomic mass is 35.5. The first kappa shape index (κ1) is 23.7. The highest BCUT2D eigenvalue weighted by Gasteiger charge is 2.30. The molecule has 2 aliphatic rings. The average Bonchev–Trinajstić information content (AvgIpc) is 2.78. The molecule has 0 radical (unpaired) electrons. The molecule has 31 heavy (non-hydrogen) atoms. The topological polar surface area (TPSA) is 71.1 Å². The Morgan fingerprint density at radius 3 is 2.68 bits per heavy atom. The first-order valence-corrected chi connectivity index (χ1v) is 11.7. The monoisotopic (exact) mass is 451 g/mol. The van der Waals surface area contributed by atoms with Crippen molar-refractivity contribution in [3.63, 3.8) is 0 Å². The Balaban J connectivity index is 1.43. The van der Waals surface area contributed by atoms with Crippen molar-refractivity contribution in [2.24, 2.45) is 5.92 Å². The molecule has 172 valence electrons. The number of carbonyl (C=O) groups excluding carboxylic acids is 2. The summed E-state index contributed by atoms with van der Waals surface area (Å²) >= 11 is 6.05. The van der Waals surface area contributed by atoms with Crippen LogP contribution >= 0.6 is 11.6 Å². The second-order valence-electron chi connectivity index (χ2n) is 8.35. The van der Waals surface area contributed by atoms with Crippen LogP contribution in [0.4, 0.5) is 10.5 Å². The zero-order valence-electron chi connectivity index (χ0n) is 18.6. The predicted molar refractivity (Wildman–Crippen MR) is 122 cm³/mol. The number of hydrogen-bond acceptors (Lipinski definition) is 5. The standard InChI is InChI=1S/C23H34ClN3O4/c1-3-31-23(29)26-13-10-19(11-14-26)27-12-4-5-17(16-27)6-9-22(28)25-20-15-18(24)7-8-21(20)30-2/h7-8,15,17,19H,3-6,9-14,16H2,1-2H3,(H,25,28)/t17-/m0/s1. The Labute approximate surface area is 190 Å². The van der Waals surface area contributed by atoms with Crippen molar-refractivity contribution in [1.82, 2.24) is 9.80 Å². The molecule has 2 aliphatic heterocycles. The van der Waals surface area contributed by atoms with Crippen molar-refractivity contribution in [3.8, 4) is 5.75 Å². The van der Waals surface area contributed by atoms with Gasteiger partial charge in [0, 0.05) is 37.1 Å². The first-order valence-electron chi connectivity index (χ1n) is 11.3. The van der Waals surface area contributed by atoms with Gasteiger partial charge in [0.15, 0.2) is 0 Å². The van der Waals surface area contributed by atoms with Gasteiger partial charge in [-0.25, -0.2) is 4.79 Å². The summed E-state index contributed by atoms with van der Waals surface area (Å²) in [6, 6.07) is 5.72. The normalized spacial score (nSPS) is 20.4. The Morgan fingerprint density at radius 1 is 1.19 bits per heavy atom. The molecule has 8 heteroatoms. The van der Waals surface area contributed by atoms with Crippen molar-refractivity contribution >= 4 is 29.3 Å². The number of benzene rings is 1. The lowest BCUT2D eigenvalue weighted by Crippen LogP contribution is -2.49. The van der Waals surface area contributed by atoms with E-state index in [2.05, 4.69) is 10.2 Å². The minimum atomic E-state index is -0.195. The van der Waals surface area contributed by atoms with Crippen LogP contribution in [-0.4, -0.2) is 67.7 Å². The van der Waals surface area contributed by atoms with Gasteiger partial charge in [-0.2, -0.15) is 0 Å². The van der Waals surface area contributed by atoms with Crippen LogP contribution in [0.1, 0.15) is 45.4 Å². The van der Waals surface area contributed by atoms with Gasteiger partial charge in [0.05, 0.1) is 19.4 Å². The van der Waals surface area contributed by atoms with Gasteiger partial charge < -0.3 is 19.7 Å². The molecular weight excluding hydrogens is 418 g/mol. The minimum Gasteiger partial charge on any atom is -0.495 e. The lowest BCUT2D eigenvalue weighted by molar-refractivity contribution is -0.116. The zero-order chi connectivity index (χ0) is 22.2. The molecule has 3 rings (SSSR count). The minimum absolute atomic E-state index is 0.0135. The fourth-order valence-corrected chi connectivity index (χ4v) is 4.79. The van der Waals surface area contributed by atoms with Gasteiger partial charge in [-0.05, 0) is 69.7 Å². The number of anilines is 1. The number of nitrogens with one attached hydrogen (secondary N) is 1. The number of ether oxygens (including phenoxy) is 2. The summed E-state index contributed by atoms with van der Waals surface area (Å²) in [7, 11) is 1.58. The van der Waals surface area contributed by atoms with Crippen molar-refractivity contribution in [1.29, 1.82) is 0 Å². The van der Waals surface area contributed by atoms with Gasteiger partial charge in [0.25, 0.3) is 0 Å². The van der Waals surface area contributed by atoms with Gasteiger partial charge in [0.1, 0.15) is 5.75 Å². The van der Waals surface area contributed by atoms with E-state index in [4.69, 9.17) is 21.1 Å². The van der Waals surface area contributed by atoms with Crippen molar-refractivity contribution < 1.29 is 19.1 Å². The third-order valence-electron chi connectivity index (χ3n) is 6.27. The van der Waals surface area contributed by atoms with Crippen LogP contribution in [0.5, 0.6) is 5.75 Å². The number of rotatable bonds is 7. The summed E-state index contributed by atoms with van der Waals surface area (Å²) in [5.74, 6) is 1.11. The number of carbonyl (C=O) groups is 2. The Bertz CT molecular complexity index is 752. The lowest BCUT2D eigenvalue weighted by Gasteiger charge is -2.42. The second kappa shape index (κ2) is 11.6. The van der Waals surface area contributed by atoms with Crippen molar-refractivity contribution in [2.45, 2.75) is 51.5 Å². The highest BCUT2D eigenvalue weighted by Crippen LogP contribution is 2.29. The summed E-state index contributed by atoms with van der Waals surface area (Å²) in [6.07, 6.45) is 5.45. The van der Waals surface area contributed by atoms with Crippen LogP contribution in [0, 0.1) is 5.92 Å². The molecule has 1 N–H and O–H groups in total. The second-order valence-corrected chi connectivity index (χ2v) is 8.79. The number of amides is 2. The molecule has 1 aromatic rings. The van der Waals surface area contributed by atoms with Gasteiger partial charge in [-0.1, -0.05) is 11.6 Å². The first-order chi connectivity index (χ1) is 15.0. The van der Waals surface area contributed by atoms with Gasteiger partial charge in [-0.15, -0.1) is 0 Å². The van der Waals surface area contributed by atoms with E-state index in [9.17, 15) is 9.59 Å². The molecule has 2 amide bonds. The fraction of sp³-hybridized carbons (Fsp3) is 0.652. The van der Waals surface area contributed by atoms with Gasteiger partial charge in [0.2, 0.25) is 5.91 Å². The zero-order valence-corrected chi connectivity index (χ0v) is 19.3. The van der Waals surface area contributed by atoms with E-state index in [1.54, 1.807) is 25.3 Å². The molecule has 1 atom stereocenters. The quantitative estimate of drug-likeness (QED) is 0.665. The summed E-state index contributed by atoms with van der Waals surface area (Å²) in [6.45, 7) is 5.90. The maximum atomic E-state index is 12.5. The fourth-order valence-electron chi connectivity index (χ4n) is 4.62. The molecule has 0 aliphatic carbocycles. The summed E-state index contributed by atoms with van der Waals surface area (Å²) in [4.78, 5) is 28.8. The molecule has 0 unspecified atom stereocenters. The number of likely N-dealkylation sites (tertiary alicyclic amines) is 2. The molecule has 0 bridgehead atoms. The van der Waals surface area contributed by atoms with Crippen LogP contribution in [0.3, 0.4) is 0 Å². The number of halogens is 1. The van der Waals surface area contributed by atoms with E-state index in [1.807, 2.05) is 11.8 Å². The summed E-state index contributed by atoms with van der Waals surface area (Å²) in [5.41, 5.74) is 0.610. The molecule has 2 heterocycles. The van der Waals surface area contributed by atoms with Crippen LogP contribution in [0.2, 0.25) is 5.02 Å². The van der Waals surface area contributed by atoms with Crippen molar-refractivity contribution in [3.05, 3.63) is 23.2 Å². The van der Waals surface area contributed by atoms with Crippen LogP contribution < -0.4 is 10.1 Å². The molecule has 0 spiro atoms. The number of methoxy groups -OCH3 is 1. The predicted octanol–water partition coefficient (Wildman–Crippen LogP) is 4.40. The molecule has 7 nitrogen and oxygen atoms in total. The van der Waals surface area contributed by atoms with E-state index in [1.165, 1.54) is 0 Å². The molecule has 0 aromatic heterocycles. The molecular formula is C23H34ClN3O4. The molecule has 0 saturated carbocycles. The third kappa shape index (κ3) is 6.74. The van der Waals surface area contributed by atoms with E-state index >= 15 is 0 Å². The number of nitrogens with zero attached hydrogens (tertiary/aromatic N) is 2. The molecule has 1 aromatic carbocycles. The number of hydrogen-bond donors (Lipinski definition) is 1. The maximum Gasteiger partial charge on any atom is 0.409 e. The van der Waals surface area contributed by atoms with Gasteiger partial charge >= 0.3 is 6.09 Å². The molecule has 2 saturated heterocycles. The third-order valence-corrected chi connectivity index (χ3v) is 6.51. The van der Waals surface area contributed by atoms with Crippen molar-refractivity contribution in [2.75, 3.05) is 45.2 Å². The Hall–Kier alpha value is -1.99. The largest absolute Gasteiger partial charge is 0.495 e. The van der Waals surface area contributed by atoms with E-state index in [-0.39, 0.29) is 12.0 Å². The highest BCUT2D eigenvalue weighted by molar-refractivity contribution is 6.31. The number of piperidine rings is 2. The lowest BCUT2D eigenvalue weighted by atomic mass is 9.90. The van der Waals surface area contributed by atoms with Crippen LogP contribution in [0.15, 0.2) is 18.2 Å². The maximum absolute atomic E-state index is 12.5. The summed E-state index contributed by atoms with van der Waals surface area (Å²) in [5, 5.41) is 3.49. The Kier molecular flexibility index (Phi) is 8.84. The SMILES string of the molecule is CCOC(=O)N1CCC(N2CCC[C@@H](CCC(=O)Nc3cc(Cl)ccc3OC)C2)CC1. The van der Waals surface area contributed by atoms with Crippen LogP contribution in [-0.2, 0) is 9.53 Å². The molecule has 2 fully saturated rings. The van der Waals surface area contributed by atoms with Gasteiger partial charge in [-0.3, -0.25) is 9.69 Å². The smallest absolute Gasteiger partial charge is 0.409 e. The van der Waals surface area contributed by atoms with E-state index in [0.29, 0.717) is 41.4 Å². The van der Waals surface area contributed by atoms with E-state index in [0.717, 1.165) is 58.3 Å².